The van der Waals surface area contributed by atoms with Gasteiger partial charge >= 0.3 is 5.97 Å². The third kappa shape index (κ3) is 4.39. The lowest BCUT2D eigenvalue weighted by molar-refractivity contribution is -0.289. The minimum absolute atomic E-state index is 0.148. The molecular weight excluding hydrogens is 292 g/mol. The van der Waals surface area contributed by atoms with Crippen LogP contribution in [-0.2, 0) is 28.5 Å². The average molecular weight is 318 g/mol. The minimum atomic E-state index is -1.04. The van der Waals surface area contributed by atoms with Crippen LogP contribution < -0.4 is 0 Å². The zero-order valence-electron chi connectivity index (χ0n) is 13.7. The second-order valence-corrected chi connectivity index (χ2v) is 6.81. The topological polar surface area (TPSA) is 83.5 Å². The van der Waals surface area contributed by atoms with Gasteiger partial charge in [0.25, 0.3) is 0 Å². The number of hydrogen-bond acceptors (Lipinski definition) is 6. The molecule has 22 heavy (non-hydrogen) atoms. The molecule has 0 amide bonds. The highest BCUT2D eigenvalue weighted by atomic mass is 16.7. The van der Waals surface area contributed by atoms with Gasteiger partial charge in [0.2, 0.25) is 0 Å². The summed E-state index contributed by atoms with van der Waals surface area (Å²) < 4.78 is 27.7. The summed E-state index contributed by atoms with van der Waals surface area (Å²) in [7, 11) is 0. The zero-order chi connectivity index (χ0) is 16.4. The van der Waals surface area contributed by atoms with Crippen LogP contribution >= 0.6 is 0 Å². The van der Waals surface area contributed by atoms with Gasteiger partial charge in [-0.2, -0.15) is 0 Å². The first-order valence-electron chi connectivity index (χ1n) is 7.57. The molecule has 0 saturated carbocycles. The first-order chi connectivity index (χ1) is 10.2. The van der Waals surface area contributed by atoms with E-state index in [1.807, 2.05) is 13.8 Å². The maximum Gasteiger partial charge on any atom is 0.311 e. The van der Waals surface area contributed by atoms with Gasteiger partial charge in [0, 0.05) is 6.42 Å². The number of hydrogen-bond donors (Lipinski definition) is 1. The van der Waals surface area contributed by atoms with Crippen LogP contribution in [0.25, 0.3) is 0 Å². The van der Waals surface area contributed by atoms with Gasteiger partial charge in [-0.15, -0.1) is 0 Å². The minimum Gasteiger partial charge on any atom is -0.481 e. The fraction of sp³-hybridized carbons (Fsp3) is 0.933. The number of carbonyl (C=O) groups is 1. The predicted octanol–water partition coefficient (Wildman–Crippen LogP) is 1.40. The predicted molar refractivity (Wildman–Crippen MR) is 76.4 cm³/mol. The van der Waals surface area contributed by atoms with Crippen LogP contribution in [0.3, 0.4) is 0 Å². The van der Waals surface area contributed by atoms with Crippen molar-refractivity contribution in [1.29, 1.82) is 0 Å². The Bertz CT molecular complexity index is 377. The van der Waals surface area contributed by atoms with Gasteiger partial charge < -0.3 is 28.8 Å². The summed E-state index contributed by atoms with van der Waals surface area (Å²) >= 11 is 0. The van der Waals surface area contributed by atoms with Crippen molar-refractivity contribution in [2.75, 3.05) is 26.6 Å². The molecule has 0 bridgehead atoms. The molecular formula is C15H26O7. The highest BCUT2D eigenvalue weighted by molar-refractivity contribution is 5.74. The van der Waals surface area contributed by atoms with Crippen LogP contribution in [-0.4, -0.2) is 61.8 Å². The van der Waals surface area contributed by atoms with Crippen LogP contribution in [0, 0.1) is 5.41 Å². The Morgan fingerprint density at radius 1 is 1.32 bits per heavy atom. The Hall–Kier alpha value is -0.730. The molecule has 2 unspecified atom stereocenters. The molecule has 0 aromatic carbocycles. The maximum atomic E-state index is 11.6. The summed E-state index contributed by atoms with van der Waals surface area (Å²) in [6.45, 7) is 8.45. The molecule has 2 saturated heterocycles. The van der Waals surface area contributed by atoms with Crippen LogP contribution in [0.4, 0.5) is 0 Å². The summed E-state index contributed by atoms with van der Waals surface area (Å²) in [5.74, 6) is -1.53. The van der Waals surface area contributed by atoms with Crippen molar-refractivity contribution in [3.63, 3.8) is 0 Å². The highest BCUT2D eigenvalue weighted by Gasteiger charge is 2.42. The van der Waals surface area contributed by atoms with Crippen LogP contribution in [0.15, 0.2) is 0 Å². The SMILES string of the molecule is CC1(C)OCC(OC(CC2COCO2)C(C)(C)C(=O)O)CO1. The quantitative estimate of drug-likeness (QED) is 0.792. The number of aliphatic carboxylic acids is 1. The van der Waals surface area contributed by atoms with Gasteiger partial charge in [0.05, 0.1) is 37.4 Å². The molecule has 0 radical (unpaired) electrons. The van der Waals surface area contributed by atoms with Crippen molar-refractivity contribution in [1.82, 2.24) is 0 Å². The Labute approximate surface area is 130 Å². The van der Waals surface area contributed by atoms with E-state index in [9.17, 15) is 9.90 Å². The third-order valence-electron chi connectivity index (χ3n) is 4.11. The first-order valence-corrected chi connectivity index (χ1v) is 7.57. The summed E-state index contributed by atoms with van der Waals surface area (Å²) in [6.07, 6.45) is -0.501. The average Bonchev–Trinajstić information content (AvgIpc) is 2.93. The molecule has 2 atom stereocenters. The normalized spacial score (nSPS) is 27.7. The Morgan fingerprint density at radius 2 is 1.95 bits per heavy atom. The van der Waals surface area contributed by atoms with Crippen molar-refractivity contribution < 1.29 is 33.6 Å². The number of rotatable bonds is 6. The molecule has 2 heterocycles. The molecule has 7 nitrogen and oxygen atoms in total. The lowest BCUT2D eigenvalue weighted by Gasteiger charge is -2.39. The van der Waals surface area contributed by atoms with E-state index in [0.717, 1.165) is 0 Å². The molecule has 0 aromatic heterocycles. The second kappa shape index (κ2) is 6.80. The van der Waals surface area contributed by atoms with Crippen LogP contribution in [0.5, 0.6) is 0 Å². The van der Waals surface area contributed by atoms with Gasteiger partial charge in [0.1, 0.15) is 12.9 Å². The molecule has 1 N–H and O–H groups in total. The van der Waals surface area contributed by atoms with Crippen molar-refractivity contribution in [3.05, 3.63) is 0 Å². The monoisotopic (exact) mass is 318 g/mol. The fourth-order valence-electron chi connectivity index (χ4n) is 2.39. The Morgan fingerprint density at radius 3 is 2.45 bits per heavy atom. The lowest BCUT2D eigenvalue weighted by Crippen LogP contribution is -2.49. The molecule has 0 aliphatic carbocycles. The second-order valence-electron chi connectivity index (χ2n) is 6.81. The molecule has 7 heteroatoms. The van der Waals surface area contributed by atoms with Gasteiger partial charge in [-0.3, -0.25) is 4.79 Å². The molecule has 2 aliphatic heterocycles. The largest absolute Gasteiger partial charge is 0.481 e. The van der Waals surface area contributed by atoms with Crippen molar-refractivity contribution in [3.8, 4) is 0 Å². The van der Waals surface area contributed by atoms with Crippen molar-refractivity contribution in [2.24, 2.45) is 5.41 Å². The lowest BCUT2D eigenvalue weighted by atomic mass is 9.83. The maximum absolute atomic E-state index is 11.6. The van der Waals surface area contributed by atoms with E-state index in [1.165, 1.54) is 0 Å². The third-order valence-corrected chi connectivity index (χ3v) is 4.11. The fourth-order valence-corrected chi connectivity index (χ4v) is 2.39. The highest BCUT2D eigenvalue weighted by Crippen LogP contribution is 2.31. The van der Waals surface area contributed by atoms with E-state index < -0.39 is 23.3 Å². The number of carboxylic acid groups (broad SMARTS) is 1. The van der Waals surface area contributed by atoms with Crippen molar-refractivity contribution in [2.45, 2.75) is 58.2 Å². The summed E-state index contributed by atoms with van der Waals surface area (Å²) in [6, 6.07) is 0. The zero-order valence-corrected chi connectivity index (χ0v) is 13.7. The van der Waals surface area contributed by atoms with Crippen LogP contribution in [0.2, 0.25) is 0 Å². The van der Waals surface area contributed by atoms with E-state index in [-0.39, 0.29) is 19.0 Å². The molecule has 2 aliphatic rings. The summed E-state index contributed by atoms with van der Waals surface area (Å²) in [4.78, 5) is 11.6. The van der Waals surface area contributed by atoms with E-state index in [4.69, 9.17) is 23.7 Å². The molecule has 128 valence electrons. The first kappa shape index (κ1) is 17.6. The van der Waals surface area contributed by atoms with Gasteiger partial charge in [0.15, 0.2) is 5.79 Å². The molecule has 2 rings (SSSR count). The number of ether oxygens (including phenoxy) is 5. The molecule has 0 aromatic rings. The number of carboxylic acids is 1. The van der Waals surface area contributed by atoms with Crippen molar-refractivity contribution >= 4 is 5.97 Å². The Kier molecular flexibility index (Phi) is 5.45. The van der Waals surface area contributed by atoms with Gasteiger partial charge in [-0.25, -0.2) is 0 Å². The smallest absolute Gasteiger partial charge is 0.311 e. The molecule has 0 spiro atoms. The van der Waals surface area contributed by atoms with E-state index in [1.54, 1.807) is 13.8 Å². The Balaban J connectivity index is 1.99. The van der Waals surface area contributed by atoms with Gasteiger partial charge in [-0.1, -0.05) is 0 Å². The standard InChI is InChI=1S/C15H26O7/c1-14(2,13(16)17)12(5-10-6-18-9-19-10)22-11-7-20-15(3,4)21-8-11/h10-12H,5-9H2,1-4H3,(H,16,17). The summed E-state index contributed by atoms with van der Waals surface area (Å²) in [5.41, 5.74) is -1.04. The van der Waals surface area contributed by atoms with E-state index in [2.05, 4.69) is 0 Å². The molecule has 2 fully saturated rings. The van der Waals surface area contributed by atoms with Crippen LogP contribution in [0.1, 0.15) is 34.1 Å². The summed E-state index contributed by atoms with van der Waals surface area (Å²) in [5, 5.41) is 9.48. The van der Waals surface area contributed by atoms with E-state index in [0.29, 0.717) is 26.2 Å². The van der Waals surface area contributed by atoms with E-state index >= 15 is 0 Å². The van der Waals surface area contributed by atoms with Gasteiger partial charge in [-0.05, 0) is 27.7 Å².